The van der Waals surface area contributed by atoms with Gasteiger partial charge in [-0.05, 0) is 56.8 Å². The van der Waals surface area contributed by atoms with E-state index in [-0.39, 0.29) is 6.04 Å². The predicted molar refractivity (Wildman–Crippen MR) is 107 cm³/mol. The Morgan fingerprint density at radius 1 is 1.27 bits per heavy atom. The van der Waals surface area contributed by atoms with Crippen molar-refractivity contribution >= 4 is 35.0 Å². The van der Waals surface area contributed by atoms with E-state index in [1.165, 1.54) is 24.6 Å². The molecule has 1 aliphatic carbocycles. The van der Waals surface area contributed by atoms with Crippen LogP contribution in [0.5, 0.6) is 0 Å². The molecule has 4 nitrogen and oxygen atoms in total. The third-order valence-corrected chi connectivity index (χ3v) is 7.78. The van der Waals surface area contributed by atoms with Gasteiger partial charge in [-0.2, -0.15) is 0 Å². The number of nitrogens with two attached hydrogens (primary N) is 1. The van der Waals surface area contributed by atoms with E-state index < -0.39 is 0 Å². The van der Waals surface area contributed by atoms with E-state index in [1.54, 1.807) is 6.07 Å². The lowest BCUT2D eigenvalue weighted by Gasteiger charge is -2.56. The molecule has 2 unspecified atom stereocenters. The molecule has 26 heavy (non-hydrogen) atoms. The first-order valence-electron chi connectivity index (χ1n) is 8.92. The maximum Gasteiger partial charge on any atom is 0.122 e. The molecule has 1 aliphatic heterocycles. The van der Waals surface area contributed by atoms with E-state index in [0.717, 1.165) is 40.8 Å². The lowest BCUT2D eigenvalue weighted by molar-refractivity contribution is 0.0237. The van der Waals surface area contributed by atoms with Crippen molar-refractivity contribution in [3.8, 4) is 0 Å². The molecule has 0 bridgehead atoms. The minimum absolute atomic E-state index is 0.183. The third kappa shape index (κ3) is 3.25. The summed E-state index contributed by atoms with van der Waals surface area (Å²) in [6, 6.07) is 5.80. The lowest BCUT2D eigenvalue weighted by atomic mass is 9.52. The van der Waals surface area contributed by atoms with Gasteiger partial charge in [0.05, 0.1) is 27.6 Å². The van der Waals surface area contributed by atoms with Gasteiger partial charge in [0.2, 0.25) is 0 Å². The van der Waals surface area contributed by atoms with E-state index in [0.29, 0.717) is 21.4 Å². The molecule has 2 fully saturated rings. The van der Waals surface area contributed by atoms with Gasteiger partial charge in [-0.1, -0.05) is 41.0 Å². The topological polar surface area (TPSA) is 63.8 Å². The highest BCUT2D eigenvalue weighted by atomic mass is 35.5. The van der Waals surface area contributed by atoms with Gasteiger partial charge in [0.1, 0.15) is 5.03 Å². The summed E-state index contributed by atoms with van der Waals surface area (Å²) in [6.45, 7) is 4.13. The van der Waals surface area contributed by atoms with Gasteiger partial charge >= 0.3 is 0 Å². The summed E-state index contributed by atoms with van der Waals surface area (Å²) in [7, 11) is 0. The number of rotatable bonds is 3. The van der Waals surface area contributed by atoms with Crippen molar-refractivity contribution < 1.29 is 0 Å². The third-order valence-electron chi connectivity index (χ3n) is 5.69. The van der Waals surface area contributed by atoms with Crippen LogP contribution in [-0.2, 0) is 0 Å². The van der Waals surface area contributed by atoms with Crippen molar-refractivity contribution in [1.82, 2.24) is 15.3 Å². The van der Waals surface area contributed by atoms with Crippen LogP contribution >= 0.6 is 35.0 Å². The van der Waals surface area contributed by atoms with Crippen LogP contribution in [0, 0.1) is 12.3 Å². The van der Waals surface area contributed by atoms with Gasteiger partial charge in [-0.3, -0.25) is 4.98 Å². The predicted octanol–water partition coefficient (Wildman–Crippen LogP) is 4.43. The zero-order valence-electron chi connectivity index (χ0n) is 14.6. The molecule has 138 valence electrons. The van der Waals surface area contributed by atoms with Crippen molar-refractivity contribution in [2.45, 2.75) is 48.1 Å². The van der Waals surface area contributed by atoms with Gasteiger partial charge in [0.25, 0.3) is 0 Å². The molecule has 1 saturated heterocycles. The van der Waals surface area contributed by atoms with Crippen LogP contribution in [0.2, 0.25) is 10.0 Å². The van der Waals surface area contributed by atoms with Crippen molar-refractivity contribution in [3.05, 3.63) is 45.8 Å². The Labute approximate surface area is 168 Å². The van der Waals surface area contributed by atoms with Crippen molar-refractivity contribution in [2.24, 2.45) is 11.1 Å². The Morgan fingerprint density at radius 2 is 2.04 bits per heavy atom. The fraction of sp³-hybridized carbons (Fsp3) is 0.474. The second kappa shape index (κ2) is 7.28. The Kier molecular flexibility index (Phi) is 5.19. The summed E-state index contributed by atoms with van der Waals surface area (Å²) in [5.74, 6) is 0.310. The average Bonchev–Trinajstić information content (AvgIpc) is 2.61. The number of hydrogen-bond donors (Lipinski definition) is 2. The quantitative estimate of drug-likeness (QED) is 0.786. The Morgan fingerprint density at radius 3 is 2.73 bits per heavy atom. The highest BCUT2D eigenvalue weighted by Gasteiger charge is 2.53. The summed E-state index contributed by atoms with van der Waals surface area (Å²) in [5.41, 5.74) is 8.63. The number of nitrogens with zero attached hydrogens (tertiary/aromatic N) is 2. The van der Waals surface area contributed by atoms with Gasteiger partial charge in [-0.25, -0.2) is 4.98 Å². The molecule has 4 rings (SSSR count). The molecule has 2 aliphatic rings. The maximum atomic E-state index is 6.38. The number of aryl methyl sites for hydroxylation is 1. The maximum absolute atomic E-state index is 6.38. The molecule has 0 amide bonds. The monoisotopic (exact) mass is 408 g/mol. The van der Waals surface area contributed by atoms with Gasteiger partial charge in [0.15, 0.2) is 0 Å². The smallest absolute Gasteiger partial charge is 0.122 e. The molecule has 1 aromatic heterocycles. The normalized spacial score (nSPS) is 24.5. The van der Waals surface area contributed by atoms with Gasteiger partial charge in [-0.15, -0.1) is 0 Å². The average molecular weight is 409 g/mol. The van der Waals surface area contributed by atoms with E-state index in [2.05, 4.69) is 10.3 Å². The van der Waals surface area contributed by atoms with E-state index in [9.17, 15) is 0 Å². The Hall–Kier alpha value is -0.850. The second-order valence-electron chi connectivity index (χ2n) is 7.30. The number of halogens is 2. The van der Waals surface area contributed by atoms with E-state index >= 15 is 0 Å². The van der Waals surface area contributed by atoms with Crippen LogP contribution in [0.25, 0.3) is 0 Å². The minimum Gasteiger partial charge on any atom is -0.327 e. The van der Waals surface area contributed by atoms with Crippen molar-refractivity contribution in [3.63, 3.8) is 0 Å². The van der Waals surface area contributed by atoms with Gasteiger partial charge in [0, 0.05) is 16.9 Å². The molecule has 2 heterocycles. The standard InChI is InChI=1S/C19H22Cl2N4S/c1-11-18(26-15-4-2-3-12(20)17(15)21)24-10-14(25-11)16-13(22)9-19(16)5-7-23-8-6-19/h2-4,10,13,16,23H,5-9,22H2,1H3. The second-order valence-corrected chi connectivity index (χ2v) is 9.11. The van der Waals surface area contributed by atoms with E-state index in [4.69, 9.17) is 33.9 Å². The van der Waals surface area contributed by atoms with Crippen molar-refractivity contribution in [1.29, 1.82) is 0 Å². The lowest BCUT2D eigenvalue weighted by Crippen LogP contribution is -2.58. The SMILES string of the molecule is Cc1nc(C2C(N)CC23CCNCC3)cnc1Sc1cccc(Cl)c1Cl. The number of benzene rings is 1. The molecule has 1 saturated carbocycles. The molecule has 3 N–H and O–H groups in total. The first-order chi connectivity index (χ1) is 12.5. The number of piperidine rings is 1. The number of hydrogen-bond acceptors (Lipinski definition) is 5. The molecule has 2 atom stereocenters. The summed E-state index contributed by atoms with van der Waals surface area (Å²) in [6.07, 6.45) is 5.33. The van der Waals surface area contributed by atoms with Gasteiger partial charge < -0.3 is 11.1 Å². The van der Waals surface area contributed by atoms with Crippen LogP contribution in [0.15, 0.2) is 34.3 Å². The molecular formula is C19H22Cl2N4S. The molecule has 1 aromatic carbocycles. The first kappa shape index (κ1) is 18.5. The highest BCUT2D eigenvalue weighted by molar-refractivity contribution is 7.99. The number of nitrogens with one attached hydrogen (secondary N) is 1. The van der Waals surface area contributed by atoms with E-state index in [1.807, 2.05) is 25.3 Å². The Balaban J connectivity index is 1.59. The van der Waals surface area contributed by atoms with Crippen LogP contribution in [-0.4, -0.2) is 29.1 Å². The molecule has 1 spiro atoms. The van der Waals surface area contributed by atoms with Crippen molar-refractivity contribution in [2.75, 3.05) is 13.1 Å². The summed E-state index contributed by atoms with van der Waals surface area (Å²) in [4.78, 5) is 10.5. The fourth-order valence-corrected chi connectivity index (χ4v) is 5.71. The van der Waals surface area contributed by atoms with Crippen LogP contribution < -0.4 is 11.1 Å². The summed E-state index contributed by atoms with van der Waals surface area (Å²) >= 11 is 13.9. The Bertz CT molecular complexity index is 818. The van der Waals surface area contributed by atoms with Crippen LogP contribution in [0.3, 0.4) is 0 Å². The zero-order valence-corrected chi connectivity index (χ0v) is 17.0. The molecule has 0 radical (unpaired) electrons. The first-order valence-corrected chi connectivity index (χ1v) is 10.5. The van der Waals surface area contributed by atoms with Crippen LogP contribution in [0.4, 0.5) is 0 Å². The zero-order chi connectivity index (χ0) is 18.3. The summed E-state index contributed by atoms with van der Waals surface area (Å²) < 4.78 is 0. The summed E-state index contributed by atoms with van der Waals surface area (Å²) in [5, 5.41) is 5.40. The van der Waals surface area contributed by atoms with Crippen LogP contribution in [0.1, 0.15) is 36.6 Å². The fourth-order valence-electron chi connectivity index (χ4n) is 4.39. The highest BCUT2D eigenvalue weighted by Crippen LogP contribution is 2.56. The molecule has 2 aromatic rings. The largest absolute Gasteiger partial charge is 0.327 e. The molecular weight excluding hydrogens is 387 g/mol. The molecule has 7 heteroatoms. The minimum atomic E-state index is 0.183. The number of aromatic nitrogens is 2.